The van der Waals surface area contributed by atoms with Crippen LogP contribution in [0.3, 0.4) is 0 Å². The van der Waals surface area contributed by atoms with E-state index in [2.05, 4.69) is 0 Å². The van der Waals surface area contributed by atoms with Gasteiger partial charge in [-0.3, -0.25) is 9.59 Å². The molecular weight excluding hydrogens is 314 g/mol. The highest BCUT2D eigenvalue weighted by atomic mass is 16.5. The molecule has 3 aliphatic rings. The molecule has 0 aliphatic carbocycles. The summed E-state index contributed by atoms with van der Waals surface area (Å²) in [5.74, 6) is -3.38. The van der Waals surface area contributed by atoms with Gasteiger partial charge in [-0.05, 0) is 31.2 Å². The monoisotopic (exact) mass is 329 g/mol. The Balaban J connectivity index is 1.75. The Hall–Kier alpha value is -2.51. The molecule has 2 bridgehead atoms. The van der Waals surface area contributed by atoms with Crippen LogP contribution < -0.4 is 4.90 Å². The summed E-state index contributed by atoms with van der Waals surface area (Å²) < 4.78 is 5.83. The first-order valence-electron chi connectivity index (χ1n) is 7.55. The van der Waals surface area contributed by atoms with E-state index >= 15 is 0 Å². The van der Waals surface area contributed by atoms with Crippen molar-refractivity contribution < 1.29 is 29.3 Å². The van der Waals surface area contributed by atoms with Crippen LogP contribution >= 0.6 is 0 Å². The third-order valence-electron chi connectivity index (χ3n) is 5.18. The maximum absolute atomic E-state index is 12.9. The zero-order chi connectivity index (χ0) is 17.3. The number of aliphatic hydroxyl groups is 1. The number of amides is 2. The van der Waals surface area contributed by atoms with Gasteiger partial charge in [-0.1, -0.05) is 12.2 Å². The number of aromatic carboxylic acids is 1. The first-order chi connectivity index (χ1) is 11.3. The van der Waals surface area contributed by atoms with Crippen LogP contribution in [0.1, 0.15) is 17.3 Å². The molecule has 7 nitrogen and oxygen atoms in total. The number of carboxylic acids is 1. The largest absolute Gasteiger partial charge is 0.478 e. The molecule has 0 saturated carbocycles. The Morgan fingerprint density at radius 1 is 1.17 bits per heavy atom. The van der Waals surface area contributed by atoms with E-state index < -0.39 is 40.8 Å². The molecule has 0 unspecified atom stereocenters. The Labute approximate surface area is 137 Å². The summed E-state index contributed by atoms with van der Waals surface area (Å²) in [5.41, 5.74) is -1.69. The topological polar surface area (TPSA) is 104 Å². The highest BCUT2D eigenvalue weighted by Gasteiger charge is 2.72. The summed E-state index contributed by atoms with van der Waals surface area (Å²) in [5, 5.41) is 18.7. The number of nitrogens with zero attached hydrogens (tertiary/aromatic N) is 1. The SMILES string of the molecule is C[C@@]12C=C[C@@](CO)(O1)[C@@H]1C(=O)N(c3ccc(C(=O)O)cc3)C(=O)[C@H]12. The molecule has 2 fully saturated rings. The second-order valence-electron chi connectivity index (χ2n) is 6.55. The van der Waals surface area contributed by atoms with Gasteiger partial charge in [0.1, 0.15) is 5.60 Å². The van der Waals surface area contributed by atoms with Crippen LogP contribution in [0, 0.1) is 11.8 Å². The van der Waals surface area contributed by atoms with Gasteiger partial charge in [0.05, 0.1) is 35.3 Å². The van der Waals surface area contributed by atoms with Crippen LogP contribution in [0.15, 0.2) is 36.4 Å². The van der Waals surface area contributed by atoms with Crippen molar-refractivity contribution in [3.05, 3.63) is 42.0 Å². The van der Waals surface area contributed by atoms with Crippen molar-refractivity contribution in [3.63, 3.8) is 0 Å². The average molecular weight is 329 g/mol. The molecule has 1 aromatic carbocycles. The van der Waals surface area contributed by atoms with Gasteiger partial charge < -0.3 is 14.9 Å². The molecule has 2 saturated heterocycles. The smallest absolute Gasteiger partial charge is 0.335 e. The Morgan fingerprint density at radius 3 is 2.38 bits per heavy atom. The highest BCUT2D eigenvalue weighted by molar-refractivity contribution is 6.23. The molecule has 0 spiro atoms. The number of rotatable bonds is 3. The molecule has 3 heterocycles. The van der Waals surface area contributed by atoms with Crippen molar-refractivity contribution in [2.24, 2.45) is 11.8 Å². The van der Waals surface area contributed by atoms with Crippen molar-refractivity contribution in [1.82, 2.24) is 0 Å². The fraction of sp³-hybridized carbons (Fsp3) is 0.353. The predicted octanol–water partition coefficient (Wildman–Crippen LogP) is 0.580. The zero-order valence-corrected chi connectivity index (χ0v) is 12.8. The van der Waals surface area contributed by atoms with E-state index in [1.165, 1.54) is 24.3 Å². The van der Waals surface area contributed by atoms with Gasteiger partial charge in [0, 0.05) is 0 Å². The summed E-state index contributed by atoms with van der Waals surface area (Å²) in [4.78, 5) is 37.7. The molecule has 0 aromatic heterocycles. The van der Waals surface area contributed by atoms with E-state index in [0.29, 0.717) is 5.69 Å². The maximum Gasteiger partial charge on any atom is 0.335 e. The molecular formula is C17H15NO6. The molecule has 4 atom stereocenters. The molecule has 3 aliphatic heterocycles. The number of benzene rings is 1. The first-order valence-corrected chi connectivity index (χ1v) is 7.55. The summed E-state index contributed by atoms with van der Waals surface area (Å²) in [6.45, 7) is 1.35. The second kappa shape index (κ2) is 4.52. The zero-order valence-electron chi connectivity index (χ0n) is 12.8. The fourth-order valence-corrected chi connectivity index (χ4v) is 4.05. The standard InChI is InChI=1S/C17H15NO6/c1-16-6-7-17(8-19,24-16)12-11(16)13(20)18(14(12)21)10-4-2-9(3-5-10)15(22)23/h2-7,11-12,19H,8H2,1H3,(H,22,23)/t11-,12-,16-,17-/m0/s1. The van der Waals surface area contributed by atoms with E-state index in [9.17, 15) is 19.5 Å². The lowest BCUT2D eigenvalue weighted by atomic mass is 9.73. The van der Waals surface area contributed by atoms with Crippen LogP contribution in [0.2, 0.25) is 0 Å². The van der Waals surface area contributed by atoms with Crippen molar-refractivity contribution >= 4 is 23.5 Å². The van der Waals surface area contributed by atoms with E-state index in [4.69, 9.17) is 9.84 Å². The summed E-state index contributed by atoms with van der Waals surface area (Å²) in [6.07, 6.45) is 3.39. The van der Waals surface area contributed by atoms with E-state index in [0.717, 1.165) is 4.90 Å². The van der Waals surface area contributed by atoms with Crippen molar-refractivity contribution in [2.45, 2.75) is 18.1 Å². The molecule has 4 rings (SSSR count). The number of hydrogen-bond acceptors (Lipinski definition) is 5. The van der Waals surface area contributed by atoms with Crippen LogP contribution in [-0.4, -0.2) is 45.8 Å². The summed E-state index contributed by atoms with van der Waals surface area (Å²) in [6, 6.07) is 5.56. The molecule has 24 heavy (non-hydrogen) atoms. The Morgan fingerprint density at radius 2 is 1.79 bits per heavy atom. The second-order valence-corrected chi connectivity index (χ2v) is 6.55. The van der Waals surface area contributed by atoms with Crippen LogP contribution in [0.5, 0.6) is 0 Å². The highest BCUT2D eigenvalue weighted by Crippen LogP contribution is 2.57. The number of ether oxygens (including phenoxy) is 1. The minimum atomic E-state index is -1.16. The molecule has 0 radical (unpaired) electrons. The normalized spacial score (nSPS) is 36.5. The van der Waals surface area contributed by atoms with Gasteiger partial charge in [-0.25, -0.2) is 9.69 Å². The molecule has 124 valence electrons. The van der Waals surface area contributed by atoms with Crippen LogP contribution in [0.4, 0.5) is 5.69 Å². The summed E-state index contributed by atoms with van der Waals surface area (Å²) >= 11 is 0. The van der Waals surface area contributed by atoms with Crippen molar-refractivity contribution in [2.75, 3.05) is 11.5 Å². The van der Waals surface area contributed by atoms with E-state index in [1.54, 1.807) is 19.1 Å². The number of carboxylic acid groups (broad SMARTS) is 1. The van der Waals surface area contributed by atoms with Crippen LogP contribution in [-0.2, 0) is 14.3 Å². The number of anilines is 1. The van der Waals surface area contributed by atoms with Crippen molar-refractivity contribution in [3.8, 4) is 0 Å². The average Bonchev–Trinajstić information content (AvgIpc) is 3.14. The first kappa shape index (κ1) is 15.0. The van der Waals surface area contributed by atoms with Gasteiger partial charge in [0.25, 0.3) is 0 Å². The number of carbonyl (C=O) groups excluding carboxylic acids is 2. The molecule has 1 aromatic rings. The Bertz CT molecular complexity index is 800. The van der Waals surface area contributed by atoms with Gasteiger partial charge in [0.15, 0.2) is 0 Å². The fourth-order valence-electron chi connectivity index (χ4n) is 4.05. The van der Waals surface area contributed by atoms with E-state index in [-0.39, 0.29) is 12.2 Å². The van der Waals surface area contributed by atoms with E-state index in [1.807, 2.05) is 0 Å². The number of aliphatic hydroxyl groups excluding tert-OH is 1. The lowest BCUT2D eigenvalue weighted by Crippen LogP contribution is -2.43. The molecule has 2 N–H and O–H groups in total. The maximum atomic E-state index is 12.9. The van der Waals surface area contributed by atoms with Gasteiger partial charge in [0.2, 0.25) is 11.8 Å². The minimum Gasteiger partial charge on any atom is -0.478 e. The van der Waals surface area contributed by atoms with Gasteiger partial charge >= 0.3 is 5.97 Å². The minimum absolute atomic E-state index is 0.0712. The van der Waals surface area contributed by atoms with Crippen LogP contribution in [0.25, 0.3) is 0 Å². The number of carbonyl (C=O) groups is 3. The van der Waals surface area contributed by atoms with Gasteiger partial charge in [-0.2, -0.15) is 0 Å². The number of hydrogen-bond donors (Lipinski definition) is 2. The third kappa shape index (κ3) is 1.65. The predicted molar refractivity (Wildman–Crippen MR) is 81.3 cm³/mol. The lowest BCUT2D eigenvalue weighted by molar-refractivity contribution is -0.131. The number of imide groups is 1. The lowest BCUT2D eigenvalue weighted by Gasteiger charge is -2.26. The molecule has 7 heteroatoms. The molecule has 2 amide bonds. The third-order valence-corrected chi connectivity index (χ3v) is 5.18. The van der Waals surface area contributed by atoms with Crippen molar-refractivity contribution in [1.29, 1.82) is 0 Å². The summed E-state index contributed by atoms with van der Waals surface area (Å²) in [7, 11) is 0. The Kier molecular flexibility index (Phi) is 2.83. The quantitative estimate of drug-likeness (QED) is 0.621. The number of fused-ring (bicyclic) bond motifs is 5. The van der Waals surface area contributed by atoms with Gasteiger partial charge in [-0.15, -0.1) is 0 Å².